The normalized spacial score (nSPS) is 16.5. The number of Topliss-reactive ketones (excluding diaryl/α,β-unsaturated/α-hetero) is 2. The summed E-state index contributed by atoms with van der Waals surface area (Å²) in [4.78, 5) is 26.5. The Morgan fingerprint density at radius 2 is 0.902 bits per heavy atom. The highest BCUT2D eigenvalue weighted by atomic mass is 35.5. The molecule has 0 spiro atoms. The number of hydrogen-bond donors (Lipinski definition) is 0. The fourth-order valence-corrected chi connectivity index (χ4v) is 6.37. The van der Waals surface area contributed by atoms with Gasteiger partial charge in [-0.2, -0.15) is 15.3 Å². The maximum atomic E-state index is 13.3. The van der Waals surface area contributed by atoms with Crippen molar-refractivity contribution < 1.29 is 9.59 Å². The van der Waals surface area contributed by atoms with E-state index < -0.39 is 0 Å². The lowest BCUT2D eigenvalue weighted by molar-refractivity contribution is -0.114. The zero-order valence-electron chi connectivity index (χ0n) is 31.6. The maximum absolute atomic E-state index is 13.3. The second-order valence-corrected chi connectivity index (χ2v) is 18.2. The van der Waals surface area contributed by atoms with Crippen LogP contribution in [0.5, 0.6) is 0 Å². The van der Waals surface area contributed by atoms with Crippen LogP contribution in [-0.4, -0.2) is 11.6 Å². The van der Waals surface area contributed by atoms with Crippen molar-refractivity contribution in [2.24, 2.45) is 42.1 Å². The third-order valence-electron chi connectivity index (χ3n) is 8.51. The predicted molar refractivity (Wildman–Crippen MR) is 212 cm³/mol. The van der Waals surface area contributed by atoms with Gasteiger partial charge in [0.15, 0.2) is 11.6 Å². The fraction of sp³-hybridized carbons (Fsp3) is 0.381. The molecule has 2 aromatic carbocycles. The van der Waals surface area contributed by atoms with Gasteiger partial charge in [-0.3, -0.25) is 9.59 Å². The third-order valence-corrected chi connectivity index (χ3v) is 9.66. The quantitative estimate of drug-likeness (QED) is 0.225. The third kappa shape index (κ3) is 9.40. The van der Waals surface area contributed by atoms with E-state index in [1.165, 1.54) is 0 Å². The van der Waals surface area contributed by atoms with Gasteiger partial charge < -0.3 is 0 Å². The number of carbonyl (C=O) groups is 2. The van der Waals surface area contributed by atoms with Crippen LogP contribution in [0.15, 0.2) is 121 Å². The number of carbonyl (C=O) groups excluding carboxylic acids is 2. The Morgan fingerprint density at radius 1 is 0.529 bits per heavy atom. The first kappa shape index (κ1) is 40.1. The summed E-state index contributed by atoms with van der Waals surface area (Å²) in [5.74, 6) is 0.118. The first-order valence-corrected chi connectivity index (χ1v) is 18.0. The fourth-order valence-electron chi connectivity index (χ4n) is 5.59. The Labute approximate surface area is 317 Å². The van der Waals surface area contributed by atoms with E-state index >= 15 is 0 Å². The Balaban J connectivity index is 1.59. The molecule has 0 saturated carbocycles. The van der Waals surface area contributed by atoms with Crippen molar-refractivity contribution in [3.63, 3.8) is 0 Å². The Hall–Kier alpha value is -3.71. The Bertz CT molecular complexity index is 1940. The van der Waals surface area contributed by atoms with Gasteiger partial charge in [0, 0.05) is 27.9 Å². The molecule has 0 heterocycles. The number of benzene rings is 2. The van der Waals surface area contributed by atoms with Gasteiger partial charge in [0.2, 0.25) is 0 Å². The molecule has 0 unspecified atom stereocenters. The van der Waals surface area contributed by atoms with E-state index in [-0.39, 0.29) is 54.0 Å². The molecular formula is C42H47Cl3N4O2. The van der Waals surface area contributed by atoms with Crippen molar-refractivity contribution in [2.45, 2.75) is 83.1 Å². The topological polar surface area (TPSA) is 83.6 Å². The average Bonchev–Trinajstić information content (AvgIpc) is 3.00. The molecule has 0 radical (unpaired) electrons. The van der Waals surface area contributed by atoms with Crippen molar-refractivity contribution in [2.75, 3.05) is 0 Å². The molecule has 0 amide bonds. The summed E-state index contributed by atoms with van der Waals surface area (Å²) in [7, 11) is 0. The van der Waals surface area contributed by atoms with Crippen LogP contribution < -0.4 is 0 Å². The number of allylic oxidation sites excluding steroid dienone is 10. The minimum atomic E-state index is -0.341. The summed E-state index contributed by atoms with van der Waals surface area (Å²) in [5, 5.41) is 18.0. The highest BCUT2D eigenvalue weighted by Gasteiger charge is 2.35. The minimum Gasteiger partial charge on any atom is -0.289 e. The number of azo groups is 2. The van der Waals surface area contributed by atoms with Crippen molar-refractivity contribution in [3.05, 3.63) is 116 Å². The van der Waals surface area contributed by atoms with E-state index in [0.717, 1.165) is 27.9 Å². The molecule has 2 aliphatic rings. The van der Waals surface area contributed by atoms with Crippen molar-refractivity contribution in [1.29, 1.82) is 0 Å². The molecule has 0 aromatic heterocycles. The van der Waals surface area contributed by atoms with Crippen LogP contribution in [0.2, 0.25) is 15.1 Å². The maximum Gasteiger partial charge on any atom is 0.186 e. The molecule has 4 rings (SSSR count). The van der Waals surface area contributed by atoms with Gasteiger partial charge in [0.05, 0.1) is 33.2 Å². The van der Waals surface area contributed by atoms with Gasteiger partial charge in [-0.1, -0.05) is 130 Å². The van der Waals surface area contributed by atoms with Crippen LogP contribution >= 0.6 is 34.8 Å². The zero-order chi connectivity index (χ0) is 38.3. The molecule has 9 heteroatoms. The molecular weight excluding hydrogens is 699 g/mol. The molecule has 0 fully saturated rings. The highest BCUT2D eigenvalue weighted by Crippen LogP contribution is 2.45. The number of rotatable bonds is 5. The molecule has 2 aromatic rings. The van der Waals surface area contributed by atoms with Gasteiger partial charge in [0.1, 0.15) is 5.69 Å². The number of ketones is 2. The van der Waals surface area contributed by atoms with Gasteiger partial charge in [0.25, 0.3) is 0 Å². The first-order valence-electron chi connectivity index (χ1n) is 16.9. The Morgan fingerprint density at radius 3 is 1.27 bits per heavy atom. The summed E-state index contributed by atoms with van der Waals surface area (Å²) in [6, 6.07) is 9.06. The van der Waals surface area contributed by atoms with Crippen LogP contribution in [0.25, 0.3) is 11.1 Å². The van der Waals surface area contributed by atoms with E-state index in [1.54, 1.807) is 18.5 Å². The van der Waals surface area contributed by atoms with E-state index in [1.807, 2.05) is 132 Å². The largest absolute Gasteiger partial charge is 0.289 e. The van der Waals surface area contributed by atoms with Crippen LogP contribution in [0, 0.1) is 21.7 Å². The zero-order valence-corrected chi connectivity index (χ0v) is 33.9. The van der Waals surface area contributed by atoms with Crippen LogP contribution in [0.1, 0.15) is 83.1 Å². The van der Waals surface area contributed by atoms with Crippen molar-refractivity contribution in [1.82, 2.24) is 0 Å². The van der Waals surface area contributed by atoms with Crippen LogP contribution in [0.4, 0.5) is 11.4 Å². The second-order valence-electron chi connectivity index (χ2n) is 17.0. The summed E-state index contributed by atoms with van der Waals surface area (Å²) in [6.45, 7) is 24.3. The molecule has 0 saturated heterocycles. The van der Waals surface area contributed by atoms with E-state index in [2.05, 4.69) is 20.5 Å². The van der Waals surface area contributed by atoms with E-state index in [9.17, 15) is 9.59 Å². The molecule has 6 nitrogen and oxygen atoms in total. The smallest absolute Gasteiger partial charge is 0.186 e. The lowest BCUT2D eigenvalue weighted by atomic mass is 9.72. The molecule has 0 N–H and O–H groups in total. The lowest BCUT2D eigenvalue weighted by Gasteiger charge is -2.31. The van der Waals surface area contributed by atoms with E-state index in [4.69, 9.17) is 34.8 Å². The van der Waals surface area contributed by atoms with Gasteiger partial charge >= 0.3 is 0 Å². The van der Waals surface area contributed by atoms with Gasteiger partial charge in [-0.05, 0) is 80.9 Å². The molecule has 0 bridgehead atoms. The summed E-state index contributed by atoms with van der Waals surface area (Å²) >= 11 is 20.1. The number of hydrogen-bond acceptors (Lipinski definition) is 6. The number of nitrogens with zero attached hydrogens (tertiary/aromatic N) is 4. The summed E-state index contributed by atoms with van der Waals surface area (Å²) in [5.41, 5.74) is 5.48. The number of halogens is 3. The SMILES string of the molecule is CC(C)(C)C1=CC(=CN=Nc2ccc(-c3cc(Cl)c(N=NC=C4C=C(C(C)(C)C)C(=O)C(C(C)(C)C)=C4)c(Cl)c3Cl)cc2)C=C(C(C)(C)C)C1=O. The highest BCUT2D eigenvalue weighted by molar-refractivity contribution is 6.47. The Kier molecular flexibility index (Phi) is 11.6. The lowest BCUT2D eigenvalue weighted by Crippen LogP contribution is -2.27. The van der Waals surface area contributed by atoms with Crippen LogP contribution in [-0.2, 0) is 9.59 Å². The standard InChI is InChI=1S/C42H47Cl3N4O2/c1-39(2,3)29-17-24(18-30(37(29)50)40(4,5)6)22-46-48-27-15-13-26(14-16-27)28-21-33(43)36(35(45)34(28)44)49-47-23-25-19-31(41(7,8)9)38(51)32(20-25)42(10,11)12/h13-23H,1-12H3. The monoisotopic (exact) mass is 744 g/mol. The molecule has 51 heavy (non-hydrogen) atoms. The van der Waals surface area contributed by atoms with Crippen LogP contribution in [0.3, 0.4) is 0 Å². The average molecular weight is 746 g/mol. The molecule has 0 aliphatic heterocycles. The first-order chi connectivity index (χ1) is 23.4. The van der Waals surface area contributed by atoms with Crippen molar-refractivity contribution >= 4 is 57.7 Å². The van der Waals surface area contributed by atoms with Crippen molar-refractivity contribution in [3.8, 4) is 11.1 Å². The second kappa shape index (κ2) is 14.7. The van der Waals surface area contributed by atoms with Gasteiger partial charge in [-0.15, -0.1) is 5.11 Å². The molecule has 0 atom stereocenters. The minimum absolute atomic E-state index is 0.0448. The molecule has 268 valence electrons. The summed E-state index contributed by atoms with van der Waals surface area (Å²) in [6.07, 6.45) is 10.8. The van der Waals surface area contributed by atoms with Gasteiger partial charge in [-0.25, -0.2) is 0 Å². The molecule has 2 aliphatic carbocycles. The summed E-state index contributed by atoms with van der Waals surface area (Å²) < 4.78 is 0. The predicted octanol–water partition coefficient (Wildman–Crippen LogP) is 14.3. The van der Waals surface area contributed by atoms with E-state index in [0.29, 0.717) is 22.4 Å².